The predicted molar refractivity (Wildman–Crippen MR) is 107 cm³/mol. The number of hydrogen-bond donors (Lipinski definition) is 1. The zero-order chi connectivity index (χ0) is 20.4. The van der Waals surface area contributed by atoms with E-state index >= 15 is 0 Å². The van der Waals surface area contributed by atoms with Crippen LogP contribution < -0.4 is 10.1 Å². The van der Waals surface area contributed by atoms with Crippen LogP contribution in [0, 0.1) is 17.7 Å². The number of fused-ring (bicyclic) bond motifs is 1. The highest BCUT2D eigenvalue weighted by Crippen LogP contribution is 2.38. The molecule has 2 aromatic rings. The SMILES string of the molecule is CN(C(=O)c1cccc(OCc2cccc(F)c2)c1)[C@H]1C[C@H]2CNC(=O)C[C@H]2C1. The molecule has 4 rings (SSSR count). The highest BCUT2D eigenvalue weighted by Gasteiger charge is 2.40. The minimum atomic E-state index is -0.300. The lowest BCUT2D eigenvalue weighted by atomic mass is 9.89. The van der Waals surface area contributed by atoms with Crippen molar-refractivity contribution in [3.8, 4) is 5.75 Å². The second-order valence-corrected chi connectivity index (χ2v) is 8.02. The Bertz CT molecular complexity index is 917. The van der Waals surface area contributed by atoms with Gasteiger partial charge in [0.15, 0.2) is 0 Å². The molecule has 29 heavy (non-hydrogen) atoms. The highest BCUT2D eigenvalue weighted by atomic mass is 19.1. The number of hydrogen-bond acceptors (Lipinski definition) is 3. The Kier molecular flexibility index (Phi) is 5.51. The third-order valence-electron chi connectivity index (χ3n) is 6.07. The van der Waals surface area contributed by atoms with Crippen LogP contribution in [-0.4, -0.2) is 36.3 Å². The Hall–Kier alpha value is -2.89. The third-order valence-corrected chi connectivity index (χ3v) is 6.07. The van der Waals surface area contributed by atoms with E-state index in [1.54, 1.807) is 41.3 Å². The number of carbonyl (C=O) groups excluding carboxylic acids is 2. The number of amides is 2. The lowest BCUT2D eigenvalue weighted by Gasteiger charge is -2.25. The fourth-order valence-electron chi connectivity index (χ4n) is 4.43. The van der Waals surface area contributed by atoms with Crippen LogP contribution in [0.5, 0.6) is 5.75 Å². The predicted octanol–water partition coefficient (Wildman–Crippen LogP) is 3.39. The number of ether oxygens (including phenoxy) is 1. The lowest BCUT2D eigenvalue weighted by Crippen LogP contribution is -2.38. The summed E-state index contributed by atoms with van der Waals surface area (Å²) in [6.45, 7) is 0.948. The van der Waals surface area contributed by atoms with Gasteiger partial charge in [-0.25, -0.2) is 4.39 Å². The van der Waals surface area contributed by atoms with E-state index < -0.39 is 0 Å². The molecule has 2 fully saturated rings. The zero-order valence-electron chi connectivity index (χ0n) is 16.4. The van der Waals surface area contributed by atoms with Crippen molar-refractivity contribution in [2.75, 3.05) is 13.6 Å². The minimum Gasteiger partial charge on any atom is -0.489 e. The van der Waals surface area contributed by atoms with Crippen molar-refractivity contribution in [2.24, 2.45) is 11.8 Å². The number of piperidine rings is 1. The molecule has 0 bridgehead atoms. The first kappa shape index (κ1) is 19.4. The van der Waals surface area contributed by atoms with Crippen LogP contribution in [0.15, 0.2) is 48.5 Å². The molecule has 1 saturated heterocycles. The number of carbonyl (C=O) groups is 2. The van der Waals surface area contributed by atoms with Crippen molar-refractivity contribution >= 4 is 11.8 Å². The molecule has 152 valence electrons. The molecular formula is C23H25FN2O3. The summed E-state index contributed by atoms with van der Waals surface area (Å²) in [5.74, 6) is 1.15. The van der Waals surface area contributed by atoms with E-state index in [0.29, 0.717) is 36.1 Å². The van der Waals surface area contributed by atoms with E-state index in [0.717, 1.165) is 18.4 Å². The Balaban J connectivity index is 1.39. The zero-order valence-corrected chi connectivity index (χ0v) is 16.4. The standard InChI is InChI=1S/C23H25FN2O3/c1-26(20-9-17-12-22(27)25-13-18(17)10-20)23(28)16-5-3-7-21(11-16)29-14-15-4-2-6-19(24)8-15/h2-8,11,17-18,20H,9-10,12-14H2,1H3,(H,25,27)/t17-,18+,20-/m1/s1. The lowest BCUT2D eigenvalue weighted by molar-refractivity contribution is -0.124. The maximum Gasteiger partial charge on any atom is 0.253 e. The molecule has 1 N–H and O–H groups in total. The first-order valence-corrected chi connectivity index (χ1v) is 10.0. The summed E-state index contributed by atoms with van der Waals surface area (Å²) in [6, 6.07) is 13.5. The topological polar surface area (TPSA) is 58.6 Å². The maximum absolute atomic E-state index is 13.3. The van der Waals surface area contributed by atoms with Crippen LogP contribution >= 0.6 is 0 Å². The molecule has 3 atom stereocenters. The molecule has 0 spiro atoms. The fraction of sp³-hybridized carbons (Fsp3) is 0.391. The second-order valence-electron chi connectivity index (χ2n) is 8.02. The quantitative estimate of drug-likeness (QED) is 0.843. The van der Waals surface area contributed by atoms with Gasteiger partial charge in [-0.05, 0) is 60.6 Å². The van der Waals surface area contributed by atoms with Gasteiger partial charge in [-0.2, -0.15) is 0 Å². The summed E-state index contributed by atoms with van der Waals surface area (Å²) >= 11 is 0. The number of rotatable bonds is 5. The fourth-order valence-corrected chi connectivity index (χ4v) is 4.43. The first-order chi connectivity index (χ1) is 14.0. The van der Waals surface area contributed by atoms with Crippen molar-refractivity contribution in [1.29, 1.82) is 0 Å². The van der Waals surface area contributed by atoms with Gasteiger partial charge in [-0.1, -0.05) is 18.2 Å². The van der Waals surface area contributed by atoms with Crippen molar-refractivity contribution in [3.05, 3.63) is 65.5 Å². The number of halogens is 1. The maximum atomic E-state index is 13.3. The summed E-state index contributed by atoms with van der Waals surface area (Å²) in [5.41, 5.74) is 1.30. The van der Waals surface area contributed by atoms with Crippen LogP contribution in [0.3, 0.4) is 0 Å². The van der Waals surface area contributed by atoms with E-state index in [9.17, 15) is 14.0 Å². The van der Waals surface area contributed by atoms with Crippen LogP contribution in [0.1, 0.15) is 35.2 Å². The highest BCUT2D eigenvalue weighted by molar-refractivity contribution is 5.94. The normalized spacial score (nSPS) is 23.2. The van der Waals surface area contributed by atoms with Crippen molar-refractivity contribution in [3.63, 3.8) is 0 Å². The van der Waals surface area contributed by atoms with Crippen LogP contribution in [0.25, 0.3) is 0 Å². The van der Waals surface area contributed by atoms with Gasteiger partial charge in [0.1, 0.15) is 18.2 Å². The number of nitrogens with zero attached hydrogens (tertiary/aromatic N) is 1. The van der Waals surface area contributed by atoms with Gasteiger partial charge in [0, 0.05) is 31.6 Å². The molecule has 0 radical (unpaired) electrons. The Morgan fingerprint density at radius 1 is 1.17 bits per heavy atom. The molecule has 0 unspecified atom stereocenters. The van der Waals surface area contributed by atoms with E-state index in [1.807, 2.05) is 7.05 Å². The molecule has 1 aliphatic heterocycles. The molecule has 2 aliphatic rings. The first-order valence-electron chi connectivity index (χ1n) is 10.0. The number of nitrogens with one attached hydrogen (secondary N) is 1. The number of benzene rings is 2. The summed E-state index contributed by atoms with van der Waals surface area (Å²) in [5, 5.41) is 2.93. The summed E-state index contributed by atoms with van der Waals surface area (Å²) in [4.78, 5) is 26.4. The van der Waals surface area contributed by atoms with Crippen LogP contribution in [0.4, 0.5) is 4.39 Å². The van der Waals surface area contributed by atoms with Crippen molar-refractivity contribution in [2.45, 2.75) is 31.9 Å². The average Bonchev–Trinajstić information content (AvgIpc) is 3.14. The molecule has 6 heteroatoms. The monoisotopic (exact) mass is 396 g/mol. The van der Waals surface area contributed by atoms with Gasteiger partial charge < -0.3 is 15.0 Å². The Morgan fingerprint density at radius 2 is 1.97 bits per heavy atom. The molecule has 1 heterocycles. The van der Waals surface area contributed by atoms with E-state index in [2.05, 4.69) is 5.32 Å². The van der Waals surface area contributed by atoms with Crippen LogP contribution in [-0.2, 0) is 11.4 Å². The van der Waals surface area contributed by atoms with Crippen molar-refractivity contribution in [1.82, 2.24) is 10.2 Å². The van der Waals surface area contributed by atoms with Gasteiger partial charge in [-0.15, -0.1) is 0 Å². The Morgan fingerprint density at radius 3 is 2.79 bits per heavy atom. The van der Waals surface area contributed by atoms with Gasteiger partial charge in [0.05, 0.1) is 0 Å². The van der Waals surface area contributed by atoms with Crippen LogP contribution in [0.2, 0.25) is 0 Å². The van der Waals surface area contributed by atoms with Gasteiger partial charge in [-0.3, -0.25) is 9.59 Å². The summed E-state index contributed by atoms with van der Waals surface area (Å²) in [7, 11) is 1.83. The van der Waals surface area contributed by atoms with Gasteiger partial charge in [0.25, 0.3) is 5.91 Å². The van der Waals surface area contributed by atoms with E-state index in [4.69, 9.17) is 4.74 Å². The molecule has 2 aromatic carbocycles. The summed E-state index contributed by atoms with van der Waals surface area (Å²) < 4.78 is 19.1. The molecule has 0 aromatic heterocycles. The van der Waals surface area contributed by atoms with E-state index in [-0.39, 0.29) is 30.3 Å². The molecule has 1 aliphatic carbocycles. The van der Waals surface area contributed by atoms with E-state index in [1.165, 1.54) is 12.1 Å². The molecule has 2 amide bonds. The summed E-state index contributed by atoms with van der Waals surface area (Å²) in [6.07, 6.45) is 2.35. The molecular weight excluding hydrogens is 371 g/mol. The van der Waals surface area contributed by atoms with Gasteiger partial charge in [0.2, 0.25) is 5.91 Å². The Labute approximate surface area is 169 Å². The van der Waals surface area contributed by atoms with Crippen molar-refractivity contribution < 1.29 is 18.7 Å². The van der Waals surface area contributed by atoms with Gasteiger partial charge >= 0.3 is 0 Å². The smallest absolute Gasteiger partial charge is 0.253 e. The molecule has 5 nitrogen and oxygen atoms in total. The molecule has 1 saturated carbocycles. The minimum absolute atomic E-state index is 0.0517. The largest absolute Gasteiger partial charge is 0.489 e. The second kappa shape index (κ2) is 8.23. The average molecular weight is 396 g/mol. The third kappa shape index (κ3) is 4.42.